The molecular formula is C17H26ClN5OS. The van der Waals surface area contributed by atoms with Crippen molar-refractivity contribution in [3.8, 4) is 0 Å². The number of carbonyl (C=O) groups excluding carboxylic acids is 1. The highest BCUT2D eigenvalue weighted by molar-refractivity contribution is 7.09. The van der Waals surface area contributed by atoms with Crippen molar-refractivity contribution in [3.63, 3.8) is 0 Å². The molecule has 1 amide bonds. The van der Waals surface area contributed by atoms with Crippen LogP contribution in [-0.4, -0.2) is 40.3 Å². The van der Waals surface area contributed by atoms with Gasteiger partial charge in [-0.3, -0.25) is 9.48 Å². The van der Waals surface area contributed by atoms with Crippen LogP contribution in [0.2, 0.25) is 0 Å². The first-order valence-electron chi connectivity index (χ1n) is 8.62. The minimum Gasteiger partial charge on any atom is -0.350 e. The standard InChI is InChI=1S/C17H25N5OS.ClH/c1-12(2)17-20-13(11-24-17)5-8-19-16(23)15-6-9-22(21-15)14-4-3-7-18-10-14;/h6,9,11-12,14,18H,3-5,7-8,10H2,1-2H3,(H,19,23);1H. The molecule has 25 heavy (non-hydrogen) atoms. The number of nitrogens with one attached hydrogen (secondary N) is 2. The SMILES string of the molecule is CC(C)c1nc(CCNC(=O)c2ccn(C3CCCNC3)n2)cs1.Cl. The summed E-state index contributed by atoms with van der Waals surface area (Å²) in [6.45, 7) is 6.86. The summed E-state index contributed by atoms with van der Waals surface area (Å²) in [7, 11) is 0. The quantitative estimate of drug-likeness (QED) is 0.804. The van der Waals surface area contributed by atoms with E-state index in [1.807, 2.05) is 10.9 Å². The first-order valence-corrected chi connectivity index (χ1v) is 9.50. The molecule has 2 aromatic heterocycles. The molecule has 0 aromatic carbocycles. The van der Waals surface area contributed by atoms with Crippen LogP contribution in [-0.2, 0) is 6.42 Å². The summed E-state index contributed by atoms with van der Waals surface area (Å²) in [5.74, 6) is 0.341. The lowest BCUT2D eigenvalue weighted by molar-refractivity contribution is 0.0947. The number of amides is 1. The molecule has 2 aromatic rings. The number of halogens is 1. The van der Waals surface area contributed by atoms with E-state index in [1.165, 1.54) is 0 Å². The van der Waals surface area contributed by atoms with E-state index >= 15 is 0 Å². The molecule has 6 nitrogen and oxygen atoms in total. The molecule has 0 aliphatic carbocycles. The van der Waals surface area contributed by atoms with E-state index in [4.69, 9.17) is 0 Å². The van der Waals surface area contributed by atoms with Crippen LogP contribution >= 0.6 is 23.7 Å². The third-order valence-electron chi connectivity index (χ3n) is 4.22. The average molecular weight is 384 g/mol. The molecule has 0 radical (unpaired) electrons. The van der Waals surface area contributed by atoms with Crippen molar-refractivity contribution in [1.29, 1.82) is 0 Å². The lowest BCUT2D eigenvalue weighted by Gasteiger charge is -2.22. The van der Waals surface area contributed by atoms with Gasteiger partial charge in [-0.25, -0.2) is 4.98 Å². The second-order valence-corrected chi connectivity index (χ2v) is 7.41. The van der Waals surface area contributed by atoms with Crippen molar-refractivity contribution in [2.24, 2.45) is 0 Å². The average Bonchev–Trinajstić information content (AvgIpc) is 3.25. The molecule has 1 aliphatic heterocycles. The Hall–Kier alpha value is -1.44. The van der Waals surface area contributed by atoms with Gasteiger partial charge in [0.2, 0.25) is 0 Å². The fourth-order valence-corrected chi connectivity index (χ4v) is 3.69. The second kappa shape index (κ2) is 9.31. The normalized spacial score (nSPS) is 17.3. The van der Waals surface area contributed by atoms with Crippen LogP contribution in [0.25, 0.3) is 0 Å². The summed E-state index contributed by atoms with van der Waals surface area (Å²) in [4.78, 5) is 16.8. The Morgan fingerprint density at radius 1 is 1.52 bits per heavy atom. The Bertz CT molecular complexity index is 678. The van der Waals surface area contributed by atoms with Gasteiger partial charge in [0.1, 0.15) is 5.69 Å². The number of piperidine rings is 1. The molecule has 3 heterocycles. The van der Waals surface area contributed by atoms with Gasteiger partial charge in [0.25, 0.3) is 5.91 Å². The van der Waals surface area contributed by atoms with Crippen LogP contribution in [0, 0.1) is 0 Å². The number of hydrogen-bond donors (Lipinski definition) is 2. The van der Waals surface area contributed by atoms with Gasteiger partial charge in [0.05, 0.1) is 16.7 Å². The van der Waals surface area contributed by atoms with Crippen LogP contribution in [0.5, 0.6) is 0 Å². The number of rotatable bonds is 6. The predicted octanol–water partition coefficient (Wildman–Crippen LogP) is 2.78. The van der Waals surface area contributed by atoms with E-state index in [0.717, 1.165) is 43.1 Å². The Morgan fingerprint density at radius 2 is 2.36 bits per heavy atom. The monoisotopic (exact) mass is 383 g/mol. The molecule has 2 N–H and O–H groups in total. The zero-order valence-corrected chi connectivity index (χ0v) is 16.3. The largest absolute Gasteiger partial charge is 0.350 e. The fourth-order valence-electron chi connectivity index (χ4n) is 2.82. The Kier molecular flexibility index (Phi) is 7.40. The van der Waals surface area contributed by atoms with Crippen molar-refractivity contribution < 1.29 is 4.79 Å². The molecule has 1 saturated heterocycles. The van der Waals surface area contributed by atoms with Gasteiger partial charge in [-0.05, 0) is 25.5 Å². The molecule has 1 aliphatic rings. The maximum atomic E-state index is 12.2. The molecule has 1 atom stereocenters. The van der Waals surface area contributed by atoms with Crippen LogP contribution in [0.1, 0.15) is 59.8 Å². The van der Waals surface area contributed by atoms with Gasteiger partial charge in [0, 0.05) is 37.0 Å². The molecule has 1 fully saturated rings. The Balaban J connectivity index is 0.00000225. The zero-order valence-electron chi connectivity index (χ0n) is 14.7. The number of thiazole rings is 1. The second-order valence-electron chi connectivity index (χ2n) is 6.52. The van der Waals surface area contributed by atoms with Gasteiger partial charge in [-0.15, -0.1) is 23.7 Å². The maximum absolute atomic E-state index is 12.2. The highest BCUT2D eigenvalue weighted by atomic mass is 35.5. The lowest BCUT2D eigenvalue weighted by Crippen LogP contribution is -2.32. The first-order chi connectivity index (χ1) is 11.6. The van der Waals surface area contributed by atoms with Gasteiger partial charge in [0.15, 0.2) is 0 Å². The van der Waals surface area contributed by atoms with E-state index in [1.54, 1.807) is 17.4 Å². The van der Waals surface area contributed by atoms with Gasteiger partial charge in [-0.2, -0.15) is 5.10 Å². The van der Waals surface area contributed by atoms with Gasteiger partial charge >= 0.3 is 0 Å². The lowest BCUT2D eigenvalue weighted by atomic mass is 10.1. The Morgan fingerprint density at radius 3 is 3.04 bits per heavy atom. The van der Waals surface area contributed by atoms with Crippen molar-refractivity contribution in [1.82, 2.24) is 25.4 Å². The summed E-state index contributed by atoms with van der Waals surface area (Å²) in [6, 6.07) is 2.15. The molecule has 0 bridgehead atoms. The number of carbonyl (C=O) groups is 1. The summed E-state index contributed by atoms with van der Waals surface area (Å²) < 4.78 is 1.91. The Labute approximate surface area is 158 Å². The smallest absolute Gasteiger partial charge is 0.271 e. The number of hydrogen-bond acceptors (Lipinski definition) is 5. The molecule has 1 unspecified atom stereocenters. The third-order valence-corrected chi connectivity index (χ3v) is 5.41. The third kappa shape index (κ3) is 5.26. The van der Waals surface area contributed by atoms with Crippen molar-refractivity contribution in [2.45, 2.75) is 45.1 Å². The van der Waals surface area contributed by atoms with Gasteiger partial charge < -0.3 is 10.6 Å². The van der Waals surface area contributed by atoms with Crippen molar-refractivity contribution in [2.75, 3.05) is 19.6 Å². The summed E-state index contributed by atoms with van der Waals surface area (Å²) in [5, 5.41) is 14.0. The zero-order chi connectivity index (χ0) is 16.9. The highest BCUT2D eigenvalue weighted by Gasteiger charge is 2.17. The summed E-state index contributed by atoms with van der Waals surface area (Å²) in [6.07, 6.45) is 4.92. The van der Waals surface area contributed by atoms with Crippen molar-refractivity contribution in [3.05, 3.63) is 34.0 Å². The van der Waals surface area contributed by atoms with Crippen LogP contribution in [0.3, 0.4) is 0 Å². The first kappa shape index (κ1) is 19.9. The highest BCUT2D eigenvalue weighted by Crippen LogP contribution is 2.19. The topological polar surface area (TPSA) is 71.8 Å². The van der Waals surface area contributed by atoms with E-state index in [9.17, 15) is 4.79 Å². The molecule has 138 valence electrons. The van der Waals surface area contributed by atoms with E-state index in [-0.39, 0.29) is 18.3 Å². The molecule has 0 saturated carbocycles. The fraction of sp³-hybridized carbons (Fsp3) is 0.588. The predicted molar refractivity (Wildman–Crippen MR) is 103 cm³/mol. The van der Waals surface area contributed by atoms with Gasteiger partial charge in [-0.1, -0.05) is 13.8 Å². The summed E-state index contributed by atoms with van der Waals surface area (Å²) in [5.41, 5.74) is 1.53. The molecular weight excluding hydrogens is 358 g/mol. The molecule has 0 spiro atoms. The minimum atomic E-state index is -0.114. The number of nitrogens with zero attached hydrogens (tertiary/aromatic N) is 3. The van der Waals surface area contributed by atoms with Crippen LogP contribution in [0.15, 0.2) is 17.6 Å². The molecule has 8 heteroatoms. The van der Waals surface area contributed by atoms with E-state index in [2.05, 4.69) is 39.9 Å². The van der Waals surface area contributed by atoms with Crippen LogP contribution < -0.4 is 10.6 Å². The van der Waals surface area contributed by atoms with Crippen molar-refractivity contribution >= 4 is 29.7 Å². The van der Waals surface area contributed by atoms with E-state index in [0.29, 0.717) is 24.2 Å². The van der Waals surface area contributed by atoms with Crippen LogP contribution in [0.4, 0.5) is 0 Å². The molecule has 3 rings (SSSR count). The minimum absolute atomic E-state index is 0. The number of aromatic nitrogens is 3. The van der Waals surface area contributed by atoms with E-state index < -0.39 is 0 Å². The summed E-state index contributed by atoms with van der Waals surface area (Å²) >= 11 is 1.69. The maximum Gasteiger partial charge on any atom is 0.271 e.